The maximum Gasteiger partial charge on any atom is 0.410 e. The zero-order valence-corrected chi connectivity index (χ0v) is 16.2. The number of carbonyl (C=O) groups is 3. The number of carbonyl (C=O) groups excluding carboxylic acids is 3. The third-order valence-electron chi connectivity index (χ3n) is 5.22. The van der Waals surface area contributed by atoms with Crippen LogP contribution in [0.2, 0.25) is 0 Å². The summed E-state index contributed by atoms with van der Waals surface area (Å²) < 4.78 is 11.8. The van der Waals surface area contributed by atoms with E-state index in [0.717, 1.165) is 10.0 Å². The predicted molar refractivity (Wildman–Crippen MR) is 98.6 cm³/mol. The Morgan fingerprint density at radius 2 is 2.04 bits per heavy atom. The Morgan fingerprint density at radius 3 is 2.70 bits per heavy atom. The maximum atomic E-state index is 12.4. The van der Waals surface area contributed by atoms with Crippen LogP contribution in [0.1, 0.15) is 18.4 Å². The summed E-state index contributed by atoms with van der Waals surface area (Å²) >= 11 is 3.44. The number of hydrogen-bond donors (Lipinski definition) is 0. The lowest BCUT2D eigenvalue weighted by Crippen LogP contribution is -2.52. The lowest BCUT2D eigenvalue weighted by molar-refractivity contribution is -0.146. The Morgan fingerprint density at radius 1 is 1.26 bits per heavy atom. The SMILES string of the molecule is O=C1C=COC1C(=O)N1CCC2(CC1)CN(Cc1cccc(Br)c1)C(=O)O2. The van der Waals surface area contributed by atoms with E-state index in [4.69, 9.17) is 9.47 Å². The van der Waals surface area contributed by atoms with Crippen molar-refractivity contribution in [3.63, 3.8) is 0 Å². The van der Waals surface area contributed by atoms with E-state index >= 15 is 0 Å². The summed E-state index contributed by atoms with van der Waals surface area (Å²) in [5.74, 6) is -0.650. The first-order valence-corrected chi connectivity index (χ1v) is 9.62. The van der Waals surface area contributed by atoms with Crippen molar-refractivity contribution in [2.75, 3.05) is 19.6 Å². The number of ketones is 1. The summed E-state index contributed by atoms with van der Waals surface area (Å²) in [5.41, 5.74) is 0.453. The number of amides is 2. The van der Waals surface area contributed by atoms with Crippen molar-refractivity contribution in [3.8, 4) is 0 Å². The highest BCUT2D eigenvalue weighted by atomic mass is 79.9. The number of piperidine rings is 1. The van der Waals surface area contributed by atoms with Gasteiger partial charge in [-0.1, -0.05) is 28.1 Å². The second kappa shape index (κ2) is 6.99. The van der Waals surface area contributed by atoms with Gasteiger partial charge in [0, 0.05) is 43.0 Å². The molecule has 0 saturated carbocycles. The Labute approximate surface area is 165 Å². The van der Waals surface area contributed by atoms with Gasteiger partial charge in [-0.15, -0.1) is 0 Å². The molecule has 1 aromatic carbocycles. The molecule has 8 heteroatoms. The van der Waals surface area contributed by atoms with Crippen molar-refractivity contribution in [1.82, 2.24) is 9.80 Å². The van der Waals surface area contributed by atoms with Gasteiger partial charge in [0.25, 0.3) is 5.91 Å². The molecule has 2 saturated heterocycles. The van der Waals surface area contributed by atoms with Crippen LogP contribution in [0.4, 0.5) is 4.79 Å². The Hall–Kier alpha value is -2.35. The van der Waals surface area contributed by atoms with Gasteiger partial charge in [0.1, 0.15) is 5.60 Å². The monoisotopic (exact) mass is 434 g/mol. The van der Waals surface area contributed by atoms with Gasteiger partial charge in [0.05, 0.1) is 12.8 Å². The number of nitrogens with zero attached hydrogens (tertiary/aromatic N) is 2. The molecule has 3 aliphatic heterocycles. The third kappa shape index (κ3) is 3.58. The molecule has 0 aliphatic carbocycles. The minimum Gasteiger partial charge on any atom is -0.480 e. The van der Waals surface area contributed by atoms with Crippen LogP contribution in [0, 0.1) is 0 Å². The normalized spacial score (nSPS) is 23.7. The second-order valence-electron chi connectivity index (χ2n) is 7.08. The van der Waals surface area contributed by atoms with Gasteiger partial charge in [-0.25, -0.2) is 4.79 Å². The minimum atomic E-state index is -1.06. The molecule has 7 nitrogen and oxygen atoms in total. The molecule has 3 heterocycles. The van der Waals surface area contributed by atoms with Crippen molar-refractivity contribution in [1.29, 1.82) is 0 Å². The highest BCUT2D eigenvalue weighted by Gasteiger charge is 2.48. The first kappa shape index (κ1) is 18.0. The van der Waals surface area contributed by atoms with Crippen LogP contribution in [0.5, 0.6) is 0 Å². The fourth-order valence-corrected chi connectivity index (χ4v) is 4.20. The first-order valence-electron chi connectivity index (χ1n) is 8.83. The van der Waals surface area contributed by atoms with E-state index in [2.05, 4.69) is 15.9 Å². The molecule has 2 fully saturated rings. The quantitative estimate of drug-likeness (QED) is 0.681. The average Bonchev–Trinajstić information content (AvgIpc) is 3.19. The van der Waals surface area contributed by atoms with Gasteiger partial charge < -0.3 is 14.4 Å². The predicted octanol–water partition coefficient (Wildman–Crippen LogP) is 2.24. The molecule has 27 heavy (non-hydrogen) atoms. The molecule has 1 spiro atoms. The fraction of sp³-hybridized carbons (Fsp3) is 0.421. The standard InChI is InChI=1S/C19H19BrN2O5/c20-14-3-1-2-13(10-14)11-22-12-19(27-18(22)25)5-7-21(8-6-19)17(24)16-15(23)4-9-26-16/h1-4,9-10,16H,5-8,11-12H2. The fourth-order valence-electron chi connectivity index (χ4n) is 3.75. The number of benzene rings is 1. The van der Waals surface area contributed by atoms with Crippen LogP contribution in [0.15, 0.2) is 41.1 Å². The molecule has 142 valence electrons. The van der Waals surface area contributed by atoms with Crippen molar-refractivity contribution >= 4 is 33.7 Å². The number of likely N-dealkylation sites (tertiary alicyclic amines) is 1. The summed E-state index contributed by atoms with van der Waals surface area (Å²) in [7, 11) is 0. The van der Waals surface area contributed by atoms with E-state index in [1.165, 1.54) is 12.3 Å². The van der Waals surface area contributed by atoms with Gasteiger partial charge in [0.15, 0.2) is 0 Å². The van der Waals surface area contributed by atoms with Crippen molar-refractivity contribution in [3.05, 3.63) is 46.6 Å². The Balaban J connectivity index is 1.36. The van der Waals surface area contributed by atoms with Gasteiger partial charge in [-0.3, -0.25) is 14.5 Å². The molecular formula is C19H19BrN2O5. The van der Waals surface area contributed by atoms with E-state index < -0.39 is 11.7 Å². The number of hydrogen-bond acceptors (Lipinski definition) is 5. The zero-order chi connectivity index (χ0) is 19.0. The van der Waals surface area contributed by atoms with E-state index in [9.17, 15) is 14.4 Å². The van der Waals surface area contributed by atoms with Gasteiger partial charge in [-0.2, -0.15) is 0 Å². The highest BCUT2D eigenvalue weighted by Crippen LogP contribution is 2.34. The van der Waals surface area contributed by atoms with Gasteiger partial charge in [0.2, 0.25) is 11.9 Å². The molecule has 1 aromatic rings. The first-order chi connectivity index (χ1) is 13.0. The van der Waals surface area contributed by atoms with Crippen molar-refractivity contribution in [2.24, 2.45) is 0 Å². The molecule has 0 radical (unpaired) electrons. The van der Waals surface area contributed by atoms with Gasteiger partial charge >= 0.3 is 6.09 Å². The molecule has 4 rings (SSSR count). The molecule has 0 bridgehead atoms. The molecule has 0 N–H and O–H groups in total. The Kier molecular flexibility index (Phi) is 4.67. The summed E-state index contributed by atoms with van der Waals surface area (Å²) in [5, 5.41) is 0. The zero-order valence-electron chi connectivity index (χ0n) is 14.6. The molecule has 0 aromatic heterocycles. The number of rotatable bonds is 3. The Bertz CT molecular complexity index is 816. The molecule has 2 amide bonds. The van der Waals surface area contributed by atoms with Gasteiger partial charge in [-0.05, 0) is 17.7 Å². The van der Waals surface area contributed by atoms with Crippen molar-refractivity contribution in [2.45, 2.75) is 31.1 Å². The summed E-state index contributed by atoms with van der Waals surface area (Å²) in [6, 6.07) is 7.82. The van der Waals surface area contributed by atoms with Crippen LogP contribution in [-0.4, -0.2) is 58.9 Å². The topological polar surface area (TPSA) is 76.2 Å². The summed E-state index contributed by atoms with van der Waals surface area (Å²) in [6.07, 6.45) is 2.25. The van der Waals surface area contributed by atoms with E-state index in [0.29, 0.717) is 39.0 Å². The van der Waals surface area contributed by atoms with E-state index in [1.807, 2.05) is 24.3 Å². The molecule has 1 atom stereocenters. The van der Waals surface area contributed by atoms with E-state index in [-0.39, 0.29) is 17.8 Å². The average molecular weight is 435 g/mol. The third-order valence-corrected chi connectivity index (χ3v) is 5.71. The summed E-state index contributed by atoms with van der Waals surface area (Å²) in [4.78, 5) is 39.7. The van der Waals surface area contributed by atoms with E-state index in [1.54, 1.807) is 9.80 Å². The largest absolute Gasteiger partial charge is 0.480 e. The maximum absolute atomic E-state index is 12.4. The highest BCUT2D eigenvalue weighted by molar-refractivity contribution is 9.10. The number of ether oxygens (including phenoxy) is 2. The molecule has 3 aliphatic rings. The molecular weight excluding hydrogens is 416 g/mol. The number of halogens is 1. The second-order valence-corrected chi connectivity index (χ2v) is 8.00. The lowest BCUT2D eigenvalue weighted by atomic mass is 9.91. The van der Waals surface area contributed by atoms with Crippen LogP contribution in [0.25, 0.3) is 0 Å². The lowest BCUT2D eigenvalue weighted by Gasteiger charge is -2.37. The van der Waals surface area contributed by atoms with Crippen LogP contribution >= 0.6 is 15.9 Å². The smallest absolute Gasteiger partial charge is 0.410 e. The summed E-state index contributed by atoms with van der Waals surface area (Å²) in [6.45, 7) is 1.85. The van der Waals surface area contributed by atoms with Crippen LogP contribution < -0.4 is 0 Å². The van der Waals surface area contributed by atoms with Crippen molar-refractivity contribution < 1.29 is 23.9 Å². The van der Waals surface area contributed by atoms with Crippen LogP contribution in [0.3, 0.4) is 0 Å². The molecule has 1 unspecified atom stereocenters. The van der Waals surface area contributed by atoms with Crippen LogP contribution in [-0.2, 0) is 25.6 Å². The minimum absolute atomic E-state index is 0.324.